The summed E-state index contributed by atoms with van der Waals surface area (Å²) < 4.78 is 19.7. The Kier molecular flexibility index (Phi) is 7.87. The van der Waals surface area contributed by atoms with Crippen LogP contribution in [0.5, 0.6) is 0 Å². The molecule has 0 radical (unpaired) electrons. The number of carbonyl (C=O) groups excluding carboxylic acids is 1. The van der Waals surface area contributed by atoms with E-state index in [0.29, 0.717) is 43.5 Å². The van der Waals surface area contributed by atoms with Crippen molar-refractivity contribution in [1.29, 1.82) is 0 Å². The van der Waals surface area contributed by atoms with Crippen LogP contribution < -0.4 is 0 Å². The molecule has 0 aromatic carbocycles. The number of aliphatic hydroxyl groups excluding tert-OH is 2. The summed E-state index contributed by atoms with van der Waals surface area (Å²) >= 11 is 0. The van der Waals surface area contributed by atoms with Crippen LogP contribution in [0.1, 0.15) is 110 Å². The number of fused-ring (bicyclic) bond motifs is 4. The molecule has 0 bridgehead atoms. The highest BCUT2D eigenvalue weighted by Crippen LogP contribution is 2.89. The van der Waals surface area contributed by atoms with Crippen LogP contribution in [-0.2, 0) is 14.2 Å². The lowest BCUT2D eigenvalue weighted by molar-refractivity contribution is -0.245. The molecule has 3 heterocycles. The predicted octanol–water partition coefficient (Wildman–Crippen LogP) is 5.21. The van der Waals surface area contributed by atoms with Gasteiger partial charge in [0.05, 0.1) is 43.2 Å². The molecule has 7 aliphatic rings. The maximum Gasteiger partial charge on any atom is 0.254 e. The number of aromatic nitrogens is 1. The van der Waals surface area contributed by atoms with E-state index in [1.165, 1.54) is 12.8 Å². The highest BCUT2D eigenvalue weighted by atomic mass is 16.7. The fourth-order valence-corrected chi connectivity index (χ4v) is 14.0. The number of ether oxygens (including phenoxy) is 3. The van der Waals surface area contributed by atoms with Gasteiger partial charge in [0.1, 0.15) is 6.10 Å². The topological polar surface area (TPSA) is 122 Å². The number of hydrogen-bond donors (Lipinski definition) is 3. The minimum atomic E-state index is -1.26. The Labute approximate surface area is 292 Å². The Bertz CT molecular complexity index is 1450. The maximum absolute atomic E-state index is 13.2. The second-order valence-corrected chi connectivity index (χ2v) is 19.1. The SMILES string of the molecule is C[C@@H]1CC([C@H](O)C(C)(C)O)OC2C1[C@@]1(C)CCC34C[C@@]35CC[C@H](OC3CN(C(=O)c6ccncc6)CCO3)C(C)(C)C5CC[C@H]4C1(C)[C@H]2O. The molecule has 2 spiro atoms. The van der Waals surface area contributed by atoms with Gasteiger partial charge in [-0.3, -0.25) is 9.78 Å². The van der Waals surface area contributed by atoms with Gasteiger partial charge in [0, 0.05) is 29.9 Å². The lowest BCUT2D eigenvalue weighted by atomic mass is 9.41. The summed E-state index contributed by atoms with van der Waals surface area (Å²) in [6.07, 6.45) is 9.09. The molecular formula is C40H60N2O7. The number of morpholine rings is 1. The lowest BCUT2D eigenvalue weighted by Gasteiger charge is -2.64. The average Bonchev–Trinajstić information content (AvgIpc) is 3.70. The van der Waals surface area contributed by atoms with Crippen LogP contribution >= 0.6 is 0 Å². The van der Waals surface area contributed by atoms with Crippen molar-refractivity contribution in [3.63, 3.8) is 0 Å². The first-order chi connectivity index (χ1) is 23.0. The maximum atomic E-state index is 13.2. The molecule has 2 aliphatic heterocycles. The highest BCUT2D eigenvalue weighted by Gasteiger charge is 2.84. The summed E-state index contributed by atoms with van der Waals surface area (Å²) in [7, 11) is 0. The molecule has 1 aromatic rings. The minimum absolute atomic E-state index is 0.00475. The number of nitrogens with zero attached hydrogens (tertiary/aromatic N) is 2. The molecule has 7 fully saturated rings. The number of carbonyl (C=O) groups is 1. The molecule has 9 nitrogen and oxygen atoms in total. The van der Waals surface area contributed by atoms with Crippen molar-refractivity contribution >= 4 is 5.91 Å². The van der Waals surface area contributed by atoms with Crippen molar-refractivity contribution in [1.82, 2.24) is 9.88 Å². The summed E-state index contributed by atoms with van der Waals surface area (Å²) in [6.45, 7) is 16.7. The van der Waals surface area contributed by atoms with E-state index in [2.05, 4.69) is 39.6 Å². The van der Waals surface area contributed by atoms with Gasteiger partial charge in [-0.2, -0.15) is 0 Å². The van der Waals surface area contributed by atoms with Gasteiger partial charge in [0.25, 0.3) is 5.91 Å². The highest BCUT2D eigenvalue weighted by molar-refractivity contribution is 5.94. The molecular weight excluding hydrogens is 620 g/mol. The van der Waals surface area contributed by atoms with E-state index in [4.69, 9.17) is 14.2 Å². The standard InChI is InChI=1S/C40H60N2O7/c1-23-20-25(32(43)36(4,5)46)48-31-30(23)37(6)14-15-40-22-39(40)13-10-28(35(2,3)26(39)8-9-27(40)38(37,7)33(31)44)49-29-21-42(18-19-47-29)34(45)24-11-16-41-17-12-24/h11-12,16-17,23,25-33,43-44,46H,8-10,13-15,18-22H2,1-7H3/t23-,25?,26?,27+,28+,29?,30?,31?,32+,33+,37-,38?,39-,40?/m1/s1. The monoisotopic (exact) mass is 680 g/mol. The molecule has 5 saturated carbocycles. The summed E-state index contributed by atoms with van der Waals surface area (Å²) in [5.74, 6) is 1.46. The van der Waals surface area contributed by atoms with Gasteiger partial charge in [0.2, 0.25) is 0 Å². The molecule has 8 rings (SSSR count). The zero-order valence-electron chi connectivity index (χ0n) is 30.7. The Balaban J connectivity index is 1.00. The van der Waals surface area contributed by atoms with E-state index in [1.54, 1.807) is 38.4 Å². The van der Waals surface area contributed by atoms with Gasteiger partial charge in [-0.15, -0.1) is 0 Å². The average molecular weight is 681 g/mol. The number of amides is 1. The molecule has 2 saturated heterocycles. The van der Waals surface area contributed by atoms with Gasteiger partial charge < -0.3 is 34.4 Å². The number of rotatable bonds is 5. The summed E-state index contributed by atoms with van der Waals surface area (Å²) in [6, 6.07) is 3.52. The first-order valence-corrected chi connectivity index (χ1v) is 19.2. The van der Waals surface area contributed by atoms with Crippen molar-refractivity contribution in [3.05, 3.63) is 30.1 Å². The molecule has 3 N–H and O–H groups in total. The fraction of sp³-hybridized carbons (Fsp3) is 0.850. The largest absolute Gasteiger partial charge is 0.390 e. The van der Waals surface area contributed by atoms with Gasteiger partial charge in [-0.05, 0) is 123 Å². The minimum Gasteiger partial charge on any atom is -0.390 e. The zero-order chi connectivity index (χ0) is 34.9. The molecule has 14 atom stereocenters. The molecule has 1 aromatic heterocycles. The number of pyridine rings is 1. The third kappa shape index (κ3) is 4.64. The van der Waals surface area contributed by atoms with Crippen LogP contribution in [0.25, 0.3) is 0 Å². The lowest BCUT2D eigenvalue weighted by Crippen LogP contribution is -2.60. The first-order valence-electron chi connectivity index (χ1n) is 19.2. The van der Waals surface area contributed by atoms with Crippen molar-refractivity contribution in [2.45, 2.75) is 142 Å². The van der Waals surface area contributed by atoms with E-state index in [1.807, 2.05) is 4.90 Å². The van der Waals surface area contributed by atoms with Gasteiger partial charge in [-0.25, -0.2) is 0 Å². The first kappa shape index (κ1) is 34.5. The van der Waals surface area contributed by atoms with Gasteiger partial charge in [0.15, 0.2) is 6.29 Å². The summed E-state index contributed by atoms with van der Waals surface area (Å²) in [4.78, 5) is 19.1. The van der Waals surface area contributed by atoms with E-state index < -0.39 is 30.2 Å². The molecule has 272 valence electrons. The summed E-state index contributed by atoms with van der Waals surface area (Å²) in [5, 5.41) is 34.2. The predicted molar refractivity (Wildman–Crippen MR) is 183 cm³/mol. The zero-order valence-corrected chi connectivity index (χ0v) is 30.7. The summed E-state index contributed by atoms with van der Waals surface area (Å²) in [5.41, 5.74) is -0.513. The Morgan fingerprint density at radius 2 is 1.76 bits per heavy atom. The smallest absolute Gasteiger partial charge is 0.254 e. The van der Waals surface area contributed by atoms with Crippen LogP contribution in [0.3, 0.4) is 0 Å². The molecule has 1 amide bonds. The molecule has 7 unspecified atom stereocenters. The van der Waals surface area contributed by atoms with Crippen LogP contribution in [0.4, 0.5) is 0 Å². The Hall–Kier alpha value is -1.62. The number of aliphatic hydroxyl groups is 3. The van der Waals surface area contributed by atoms with Crippen LogP contribution in [0.2, 0.25) is 0 Å². The van der Waals surface area contributed by atoms with Crippen molar-refractivity contribution in [3.8, 4) is 0 Å². The van der Waals surface area contributed by atoms with E-state index in [-0.39, 0.29) is 57.0 Å². The van der Waals surface area contributed by atoms with E-state index >= 15 is 0 Å². The van der Waals surface area contributed by atoms with Gasteiger partial charge in [-0.1, -0.05) is 34.6 Å². The Morgan fingerprint density at radius 1 is 1.06 bits per heavy atom. The third-order valence-corrected chi connectivity index (χ3v) is 16.4. The third-order valence-electron chi connectivity index (χ3n) is 16.4. The fourth-order valence-electron chi connectivity index (χ4n) is 14.0. The number of hydrogen-bond acceptors (Lipinski definition) is 8. The van der Waals surface area contributed by atoms with Crippen LogP contribution in [0, 0.1) is 50.7 Å². The molecule has 9 heteroatoms. The normalized spacial score (nSPS) is 49.1. The van der Waals surface area contributed by atoms with E-state index in [9.17, 15) is 20.1 Å². The van der Waals surface area contributed by atoms with Crippen LogP contribution in [0.15, 0.2) is 24.5 Å². The van der Waals surface area contributed by atoms with Crippen molar-refractivity contribution in [2.24, 2.45) is 50.7 Å². The van der Waals surface area contributed by atoms with Crippen LogP contribution in [-0.4, -0.2) is 93.2 Å². The van der Waals surface area contributed by atoms with Crippen molar-refractivity contribution in [2.75, 3.05) is 19.7 Å². The van der Waals surface area contributed by atoms with Crippen molar-refractivity contribution < 1.29 is 34.3 Å². The Morgan fingerprint density at radius 3 is 2.47 bits per heavy atom. The quantitative estimate of drug-likeness (QED) is 0.388. The molecule has 5 aliphatic carbocycles. The van der Waals surface area contributed by atoms with E-state index in [0.717, 1.165) is 32.1 Å². The van der Waals surface area contributed by atoms with Gasteiger partial charge >= 0.3 is 0 Å². The second kappa shape index (κ2) is 11.2. The second-order valence-electron chi connectivity index (χ2n) is 19.1. The molecule has 49 heavy (non-hydrogen) atoms.